The predicted octanol–water partition coefficient (Wildman–Crippen LogP) is 2.91. The monoisotopic (exact) mass is 354 g/mol. The molecule has 2 aliphatic rings. The van der Waals surface area contributed by atoms with Crippen molar-refractivity contribution in [1.82, 2.24) is 9.80 Å². The van der Waals surface area contributed by atoms with Gasteiger partial charge >= 0.3 is 0 Å². The topological polar surface area (TPSA) is 23.6 Å². The third kappa shape index (κ3) is 3.38. The molecular formula is C15H19BrN2OS. The second kappa shape index (κ2) is 6.08. The third-order valence-electron chi connectivity index (χ3n) is 4.06. The van der Waals surface area contributed by atoms with Crippen molar-refractivity contribution in [3.8, 4) is 0 Å². The number of rotatable bonds is 3. The lowest BCUT2D eigenvalue weighted by Gasteiger charge is -2.35. The Morgan fingerprint density at radius 3 is 2.55 bits per heavy atom. The number of hydrogen-bond donors (Lipinski definition) is 1. The highest BCUT2D eigenvalue weighted by atomic mass is 79.9. The molecule has 0 aromatic heterocycles. The summed E-state index contributed by atoms with van der Waals surface area (Å²) in [4.78, 5) is 17.7. The summed E-state index contributed by atoms with van der Waals surface area (Å²) < 4.78 is 0.952. The summed E-state index contributed by atoms with van der Waals surface area (Å²) in [7, 11) is 0. The van der Waals surface area contributed by atoms with E-state index in [1.54, 1.807) is 0 Å². The normalized spacial score (nSPS) is 20.2. The summed E-state index contributed by atoms with van der Waals surface area (Å²) >= 11 is 7.81. The van der Waals surface area contributed by atoms with Gasteiger partial charge in [-0.15, -0.1) is 12.6 Å². The number of thiol groups is 1. The maximum absolute atomic E-state index is 12.5. The van der Waals surface area contributed by atoms with Crippen molar-refractivity contribution in [3.05, 3.63) is 28.2 Å². The van der Waals surface area contributed by atoms with Crippen LogP contribution in [0.15, 0.2) is 27.6 Å². The van der Waals surface area contributed by atoms with Crippen molar-refractivity contribution < 1.29 is 4.79 Å². The molecule has 1 saturated heterocycles. The van der Waals surface area contributed by atoms with Gasteiger partial charge in [0.1, 0.15) is 0 Å². The molecule has 1 aliphatic carbocycles. The standard InChI is InChI=1S/C15H19BrN2OS/c16-12-3-4-13(14(20)9-12)15(19)18-7-5-17(6-8-18)10-11-1-2-11/h3-4,9,11,20H,1-2,5-8,10H2. The van der Waals surface area contributed by atoms with Crippen LogP contribution in [0, 0.1) is 5.92 Å². The minimum absolute atomic E-state index is 0.105. The van der Waals surface area contributed by atoms with Gasteiger partial charge in [0.15, 0.2) is 0 Å². The quantitative estimate of drug-likeness (QED) is 0.843. The molecule has 0 unspecified atom stereocenters. The highest BCUT2D eigenvalue weighted by Gasteiger charge is 2.28. The minimum Gasteiger partial charge on any atom is -0.336 e. The van der Waals surface area contributed by atoms with E-state index < -0.39 is 0 Å². The molecule has 20 heavy (non-hydrogen) atoms. The van der Waals surface area contributed by atoms with E-state index in [1.807, 2.05) is 23.1 Å². The Morgan fingerprint density at radius 1 is 1.25 bits per heavy atom. The van der Waals surface area contributed by atoms with E-state index in [4.69, 9.17) is 0 Å². The third-order valence-corrected chi connectivity index (χ3v) is 4.93. The lowest BCUT2D eigenvalue weighted by Crippen LogP contribution is -2.49. The molecular weight excluding hydrogens is 336 g/mol. The highest BCUT2D eigenvalue weighted by Crippen LogP contribution is 2.30. The van der Waals surface area contributed by atoms with Crippen molar-refractivity contribution in [3.63, 3.8) is 0 Å². The Hall–Kier alpha value is -0.520. The Labute approximate surface area is 133 Å². The van der Waals surface area contributed by atoms with Crippen LogP contribution in [0.1, 0.15) is 23.2 Å². The average molecular weight is 355 g/mol. The molecule has 0 spiro atoms. The molecule has 1 aromatic carbocycles. The van der Waals surface area contributed by atoms with E-state index in [0.29, 0.717) is 5.56 Å². The van der Waals surface area contributed by atoms with Crippen LogP contribution >= 0.6 is 28.6 Å². The van der Waals surface area contributed by atoms with E-state index in [2.05, 4.69) is 33.5 Å². The van der Waals surface area contributed by atoms with Gasteiger partial charge in [-0.3, -0.25) is 9.69 Å². The van der Waals surface area contributed by atoms with Crippen LogP contribution in [0.2, 0.25) is 0 Å². The Balaban J connectivity index is 1.60. The molecule has 1 aromatic rings. The SMILES string of the molecule is O=C(c1ccc(Br)cc1S)N1CCN(CC2CC2)CC1. The van der Waals surface area contributed by atoms with Gasteiger partial charge in [-0.05, 0) is 37.0 Å². The van der Waals surface area contributed by atoms with Gasteiger partial charge in [0.25, 0.3) is 5.91 Å². The van der Waals surface area contributed by atoms with Crippen molar-refractivity contribution >= 4 is 34.5 Å². The zero-order valence-corrected chi connectivity index (χ0v) is 13.9. The molecule has 1 heterocycles. The van der Waals surface area contributed by atoms with Crippen molar-refractivity contribution in [2.45, 2.75) is 17.7 Å². The summed E-state index contributed by atoms with van der Waals surface area (Å²) in [5.74, 6) is 1.03. The fourth-order valence-electron chi connectivity index (χ4n) is 2.66. The zero-order chi connectivity index (χ0) is 14.1. The first kappa shape index (κ1) is 14.4. The Bertz CT molecular complexity index is 511. The molecule has 1 aliphatic heterocycles. The van der Waals surface area contributed by atoms with Crippen molar-refractivity contribution in [2.24, 2.45) is 5.92 Å². The number of amides is 1. The first-order valence-corrected chi connectivity index (χ1v) is 8.37. The number of benzene rings is 1. The van der Waals surface area contributed by atoms with Crippen LogP contribution in [0.3, 0.4) is 0 Å². The minimum atomic E-state index is 0.105. The highest BCUT2D eigenvalue weighted by molar-refractivity contribution is 9.10. The van der Waals surface area contributed by atoms with Crippen LogP contribution in [-0.4, -0.2) is 48.4 Å². The maximum atomic E-state index is 12.5. The molecule has 1 saturated carbocycles. The second-order valence-electron chi connectivity index (χ2n) is 5.70. The maximum Gasteiger partial charge on any atom is 0.255 e. The molecule has 2 fully saturated rings. The molecule has 3 rings (SSSR count). The van der Waals surface area contributed by atoms with Crippen LogP contribution < -0.4 is 0 Å². The van der Waals surface area contributed by atoms with Crippen LogP contribution in [-0.2, 0) is 0 Å². The number of piperazine rings is 1. The average Bonchev–Trinajstić information content (AvgIpc) is 3.23. The Kier molecular flexibility index (Phi) is 4.38. The molecule has 5 heteroatoms. The molecule has 0 N–H and O–H groups in total. The molecule has 0 radical (unpaired) electrons. The molecule has 0 bridgehead atoms. The summed E-state index contributed by atoms with van der Waals surface area (Å²) in [6.45, 7) is 4.88. The van der Waals surface area contributed by atoms with Gasteiger partial charge in [0.2, 0.25) is 0 Å². The molecule has 108 valence electrons. The lowest BCUT2D eigenvalue weighted by molar-refractivity contribution is 0.0628. The lowest BCUT2D eigenvalue weighted by atomic mass is 10.1. The van der Waals surface area contributed by atoms with Crippen molar-refractivity contribution in [1.29, 1.82) is 0 Å². The Morgan fingerprint density at radius 2 is 1.95 bits per heavy atom. The first-order valence-electron chi connectivity index (χ1n) is 7.13. The van der Waals surface area contributed by atoms with Gasteiger partial charge in [0.05, 0.1) is 5.56 Å². The van der Waals surface area contributed by atoms with E-state index in [9.17, 15) is 4.79 Å². The molecule has 3 nitrogen and oxygen atoms in total. The predicted molar refractivity (Wildman–Crippen MR) is 86.5 cm³/mol. The zero-order valence-electron chi connectivity index (χ0n) is 11.4. The summed E-state index contributed by atoms with van der Waals surface area (Å²) in [5.41, 5.74) is 0.701. The summed E-state index contributed by atoms with van der Waals surface area (Å²) in [6.07, 6.45) is 2.78. The number of nitrogens with zero attached hydrogens (tertiary/aromatic N) is 2. The van der Waals surface area contributed by atoms with Gasteiger partial charge in [-0.25, -0.2) is 0 Å². The van der Waals surface area contributed by atoms with Gasteiger partial charge < -0.3 is 4.90 Å². The number of halogens is 1. The fourth-order valence-corrected chi connectivity index (χ4v) is 3.50. The smallest absolute Gasteiger partial charge is 0.255 e. The van der Waals surface area contributed by atoms with E-state index in [0.717, 1.165) is 41.5 Å². The van der Waals surface area contributed by atoms with E-state index >= 15 is 0 Å². The summed E-state index contributed by atoms with van der Waals surface area (Å²) in [5, 5.41) is 0. The van der Waals surface area contributed by atoms with Gasteiger partial charge in [0, 0.05) is 42.1 Å². The van der Waals surface area contributed by atoms with Crippen LogP contribution in [0.25, 0.3) is 0 Å². The number of hydrogen-bond acceptors (Lipinski definition) is 3. The van der Waals surface area contributed by atoms with Crippen molar-refractivity contribution in [2.75, 3.05) is 32.7 Å². The molecule has 1 amide bonds. The van der Waals surface area contributed by atoms with Crippen LogP contribution in [0.4, 0.5) is 0 Å². The second-order valence-corrected chi connectivity index (χ2v) is 7.10. The fraction of sp³-hybridized carbons (Fsp3) is 0.533. The van der Waals surface area contributed by atoms with E-state index in [1.165, 1.54) is 19.4 Å². The first-order chi connectivity index (χ1) is 9.63. The van der Waals surface area contributed by atoms with E-state index in [-0.39, 0.29) is 5.91 Å². The number of carbonyl (C=O) groups is 1. The molecule has 0 atom stereocenters. The largest absolute Gasteiger partial charge is 0.336 e. The van der Waals surface area contributed by atoms with Gasteiger partial charge in [-0.2, -0.15) is 0 Å². The summed E-state index contributed by atoms with van der Waals surface area (Å²) in [6, 6.07) is 5.63. The van der Waals surface area contributed by atoms with Gasteiger partial charge in [-0.1, -0.05) is 15.9 Å². The van der Waals surface area contributed by atoms with Crippen LogP contribution in [0.5, 0.6) is 0 Å². The number of carbonyl (C=O) groups excluding carboxylic acids is 1.